The predicted octanol–water partition coefficient (Wildman–Crippen LogP) is 4.02. The molecule has 0 radical (unpaired) electrons. The molecule has 1 aromatic carbocycles. The number of carbonyl (C=O) groups is 1. The average molecular weight is 383 g/mol. The second kappa shape index (κ2) is 7.00. The minimum Gasteiger partial charge on any atom is -0.450 e. The number of rotatable bonds is 7. The molecule has 5 fully saturated rings. The van der Waals surface area contributed by atoms with Gasteiger partial charge in [0.15, 0.2) is 5.60 Å². The highest BCUT2D eigenvalue weighted by Crippen LogP contribution is 2.65. The third kappa shape index (κ3) is 3.31. The van der Waals surface area contributed by atoms with Crippen LogP contribution in [0.3, 0.4) is 0 Å². The summed E-state index contributed by atoms with van der Waals surface area (Å²) in [5.41, 5.74) is 1.30. The van der Waals surface area contributed by atoms with Crippen molar-refractivity contribution in [2.45, 2.75) is 57.2 Å². The molecule has 1 aliphatic heterocycles. The van der Waals surface area contributed by atoms with E-state index in [-0.39, 0.29) is 19.2 Å². The minimum atomic E-state index is -0.928. The Labute approximate surface area is 166 Å². The van der Waals surface area contributed by atoms with E-state index in [1.807, 2.05) is 30.3 Å². The Balaban J connectivity index is 1.21. The average Bonchev–Trinajstić information content (AvgIpc) is 3.26. The number of ether oxygens (including phenoxy) is 2. The van der Waals surface area contributed by atoms with E-state index < -0.39 is 5.60 Å². The van der Waals surface area contributed by atoms with Gasteiger partial charge in [-0.15, -0.1) is 0 Å². The first-order valence-corrected chi connectivity index (χ1v) is 10.7. The fourth-order valence-electron chi connectivity index (χ4n) is 6.59. The van der Waals surface area contributed by atoms with E-state index >= 15 is 0 Å². The van der Waals surface area contributed by atoms with Crippen LogP contribution in [0.2, 0.25) is 0 Å². The molecule has 150 valence electrons. The van der Waals surface area contributed by atoms with Gasteiger partial charge >= 0.3 is 5.97 Å². The van der Waals surface area contributed by atoms with E-state index in [0.717, 1.165) is 35.3 Å². The Morgan fingerprint density at radius 1 is 1.14 bits per heavy atom. The fourth-order valence-corrected chi connectivity index (χ4v) is 6.59. The Morgan fingerprint density at radius 2 is 1.89 bits per heavy atom. The highest BCUT2D eigenvalue weighted by atomic mass is 16.6. The highest BCUT2D eigenvalue weighted by molar-refractivity contribution is 5.91. The molecule has 1 aromatic rings. The van der Waals surface area contributed by atoms with Crippen LogP contribution >= 0.6 is 0 Å². The van der Waals surface area contributed by atoms with Crippen LogP contribution in [0.5, 0.6) is 0 Å². The summed E-state index contributed by atoms with van der Waals surface area (Å²) in [5.74, 6) is 2.53. The van der Waals surface area contributed by atoms with Crippen molar-refractivity contribution in [3.8, 4) is 0 Å². The van der Waals surface area contributed by atoms with Crippen molar-refractivity contribution < 1.29 is 19.4 Å². The van der Waals surface area contributed by atoms with Crippen LogP contribution in [0.25, 0.3) is 0 Å². The van der Waals surface area contributed by atoms with Crippen LogP contribution in [0.1, 0.15) is 50.5 Å². The van der Waals surface area contributed by atoms with Gasteiger partial charge in [-0.3, -0.25) is 0 Å². The van der Waals surface area contributed by atoms with Crippen LogP contribution < -0.4 is 0 Å². The normalized spacial score (nSPS) is 39.8. The number of hydrogen-bond donors (Lipinski definition) is 1. The number of aliphatic hydroxyl groups is 1. The molecule has 4 heteroatoms. The standard InChI is InChI=1S/C24H30O4/c25-15-24(16-27-14-17-4-2-1-3-5-17)13-19(22(26)28-24)6-7-23-10-18-8-20(11-23)21(9-18)12-23/h1-6,18,20-21,25H,7-16H2/b19-6+/t18?,20?,21?,23?,24-/m0/s1. The molecule has 1 N–H and O–H groups in total. The van der Waals surface area contributed by atoms with Crippen molar-refractivity contribution in [1.82, 2.24) is 0 Å². The van der Waals surface area contributed by atoms with Gasteiger partial charge in [0.2, 0.25) is 0 Å². The number of allylic oxidation sites excluding steroid dienone is 1. The van der Waals surface area contributed by atoms with Gasteiger partial charge in [0, 0.05) is 12.0 Å². The number of esters is 1. The van der Waals surface area contributed by atoms with Gasteiger partial charge < -0.3 is 14.6 Å². The van der Waals surface area contributed by atoms with E-state index in [2.05, 4.69) is 6.08 Å². The highest BCUT2D eigenvalue weighted by Gasteiger charge is 2.55. The maximum atomic E-state index is 12.5. The first kappa shape index (κ1) is 18.4. The molecule has 4 aliphatic carbocycles. The molecule has 6 rings (SSSR count). The van der Waals surface area contributed by atoms with Crippen molar-refractivity contribution >= 4 is 5.97 Å². The second-order valence-electron chi connectivity index (χ2n) is 9.79. The van der Waals surface area contributed by atoms with Crippen LogP contribution in [-0.2, 0) is 20.9 Å². The number of hydrogen-bond acceptors (Lipinski definition) is 4. The maximum absolute atomic E-state index is 12.5. The largest absolute Gasteiger partial charge is 0.450 e. The third-order valence-electron chi connectivity index (χ3n) is 7.68. The van der Waals surface area contributed by atoms with Gasteiger partial charge in [0.1, 0.15) is 0 Å². The summed E-state index contributed by atoms with van der Waals surface area (Å²) in [4.78, 5) is 12.5. The molecule has 0 amide bonds. The lowest BCUT2D eigenvalue weighted by atomic mass is 9.67. The Hall–Kier alpha value is -1.65. The SMILES string of the molecule is O=C1O[C@@](CO)(COCc2ccccc2)C/C1=C\CC12CC3CC(C1)C(C3)C2. The Kier molecular flexibility index (Phi) is 4.59. The predicted molar refractivity (Wildman–Crippen MR) is 105 cm³/mol. The van der Waals surface area contributed by atoms with Gasteiger partial charge in [-0.2, -0.15) is 0 Å². The molecular formula is C24H30O4. The number of cyclic esters (lactones) is 1. The molecule has 4 bridgehead atoms. The number of benzene rings is 1. The van der Waals surface area contributed by atoms with Crippen LogP contribution in [-0.4, -0.2) is 29.9 Å². The van der Waals surface area contributed by atoms with Gasteiger partial charge in [-0.1, -0.05) is 36.4 Å². The Bertz CT molecular complexity index is 751. The molecule has 1 saturated heterocycles. The second-order valence-corrected chi connectivity index (χ2v) is 9.79. The topological polar surface area (TPSA) is 55.8 Å². The van der Waals surface area contributed by atoms with Crippen molar-refractivity contribution in [3.05, 3.63) is 47.5 Å². The molecule has 1 heterocycles. The van der Waals surface area contributed by atoms with Gasteiger partial charge in [0.05, 0.1) is 19.8 Å². The molecule has 5 aliphatic rings. The van der Waals surface area contributed by atoms with Crippen LogP contribution in [0, 0.1) is 23.2 Å². The Morgan fingerprint density at radius 3 is 2.57 bits per heavy atom. The first-order chi connectivity index (χ1) is 13.6. The molecule has 28 heavy (non-hydrogen) atoms. The lowest BCUT2D eigenvalue weighted by Gasteiger charge is -2.37. The zero-order chi connectivity index (χ0) is 19.2. The number of aliphatic hydroxyl groups excluding tert-OH is 1. The smallest absolute Gasteiger partial charge is 0.334 e. The monoisotopic (exact) mass is 382 g/mol. The van der Waals surface area contributed by atoms with E-state index in [1.165, 1.54) is 32.1 Å². The van der Waals surface area contributed by atoms with Crippen LogP contribution in [0.4, 0.5) is 0 Å². The molecule has 4 nitrogen and oxygen atoms in total. The quantitative estimate of drug-likeness (QED) is 0.572. The van der Waals surface area contributed by atoms with Gasteiger partial charge in [-0.25, -0.2) is 4.79 Å². The van der Waals surface area contributed by atoms with Crippen molar-refractivity contribution in [2.75, 3.05) is 13.2 Å². The van der Waals surface area contributed by atoms with E-state index in [4.69, 9.17) is 9.47 Å². The van der Waals surface area contributed by atoms with E-state index in [1.54, 1.807) is 0 Å². The zero-order valence-corrected chi connectivity index (χ0v) is 16.4. The number of carbonyl (C=O) groups excluding carboxylic acids is 1. The molecule has 4 saturated carbocycles. The van der Waals surface area contributed by atoms with Crippen molar-refractivity contribution in [1.29, 1.82) is 0 Å². The molecular weight excluding hydrogens is 352 g/mol. The van der Waals surface area contributed by atoms with E-state index in [9.17, 15) is 9.90 Å². The maximum Gasteiger partial charge on any atom is 0.334 e. The van der Waals surface area contributed by atoms with Gasteiger partial charge in [-0.05, 0) is 67.3 Å². The summed E-state index contributed by atoms with van der Waals surface area (Å²) in [7, 11) is 0. The molecule has 3 atom stereocenters. The minimum absolute atomic E-state index is 0.206. The summed E-state index contributed by atoms with van der Waals surface area (Å²) in [6, 6.07) is 9.91. The van der Waals surface area contributed by atoms with Crippen molar-refractivity contribution in [2.24, 2.45) is 23.2 Å². The molecule has 0 spiro atoms. The summed E-state index contributed by atoms with van der Waals surface area (Å²) in [6.07, 6.45) is 10.5. The fraction of sp³-hybridized carbons (Fsp3) is 0.625. The summed E-state index contributed by atoms with van der Waals surface area (Å²) < 4.78 is 11.4. The van der Waals surface area contributed by atoms with E-state index in [0.29, 0.717) is 18.4 Å². The third-order valence-corrected chi connectivity index (χ3v) is 7.68. The summed E-state index contributed by atoms with van der Waals surface area (Å²) in [5, 5.41) is 9.93. The zero-order valence-electron chi connectivity index (χ0n) is 16.4. The molecule has 2 unspecified atom stereocenters. The van der Waals surface area contributed by atoms with Crippen molar-refractivity contribution in [3.63, 3.8) is 0 Å². The molecule has 0 aromatic heterocycles. The summed E-state index contributed by atoms with van der Waals surface area (Å²) in [6.45, 7) is 0.466. The first-order valence-electron chi connectivity index (χ1n) is 10.7. The van der Waals surface area contributed by atoms with Crippen LogP contribution in [0.15, 0.2) is 42.0 Å². The summed E-state index contributed by atoms with van der Waals surface area (Å²) >= 11 is 0. The van der Waals surface area contributed by atoms with Gasteiger partial charge in [0.25, 0.3) is 0 Å². The lowest BCUT2D eigenvalue weighted by molar-refractivity contribution is -0.157. The lowest BCUT2D eigenvalue weighted by Crippen LogP contribution is -2.38.